The van der Waals surface area contributed by atoms with Gasteiger partial charge in [-0.2, -0.15) is 5.26 Å². The topological polar surface area (TPSA) is 67.4 Å². The Morgan fingerprint density at radius 2 is 1.11 bits per heavy atom. The molecule has 0 saturated heterocycles. The number of rotatable bonds is 4. The first-order valence-electron chi connectivity index (χ1n) is 15.0. The summed E-state index contributed by atoms with van der Waals surface area (Å²) in [6.45, 7) is 0. The van der Waals surface area contributed by atoms with Crippen molar-refractivity contribution in [1.29, 1.82) is 5.26 Å². The summed E-state index contributed by atoms with van der Waals surface area (Å²) < 4.78 is 4.71. The van der Waals surface area contributed by atoms with E-state index in [0.29, 0.717) is 23.0 Å². The fourth-order valence-corrected chi connectivity index (χ4v) is 7.62. The number of thiophene rings is 1. The van der Waals surface area contributed by atoms with Crippen LogP contribution in [0.1, 0.15) is 5.56 Å². The number of nitriles is 1. The maximum absolute atomic E-state index is 10.6. The van der Waals surface area contributed by atoms with E-state index in [0.717, 1.165) is 38.8 Å². The molecule has 214 valence electrons. The largest absolute Gasteiger partial charge is 0.306 e. The molecule has 0 atom stereocenters. The highest BCUT2D eigenvalue weighted by Gasteiger charge is 2.20. The molecule has 3 heterocycles. The van der Waals surface area contributed by atoms with Gasteiger partial charge in [0.1, 0.15) is 6.07 Å². The molecule has 0 fully saturated rings. The molecule has 0 bridgehead atoms. The molecule has 6 heteroatoms. The van der Waals surface area contributed by atoms with E-state index in [4.69, 9.17) is 15.0 Å². The molecule has 0 saturated carbocycles. The minimum Gasteiger partial charge on any atom is -0.306 e. The normalized spacial score (nSPS) is 11.5. The van der Waals surface area contributed by atoms with Gasteiger partial charge in [-0.25, -0.2) is 15.0 Å². The van der Waals surface area contributed by atoms with Crippen LogP contribution in [0.25, 0.3) is 81.8 Å². The standard InChI is InChI=1S/C40H23N5S/c41-24-28-23-27(40-43-38(25-11-3-1-4-12-25)42-39(44-40)26-13-5-2-6-14-26)19-22-33(28)45-34-17-9-7-15-29(34)31-20-21-32-30-16-8-10-18-35(30)46-37(32)36(31)45/h1-23H. The monoisotopic (exact) mass is 605 g/mol. The Kier molecular flexibility index (Phi) is 5.98. The van der Waals surface area contributed by atoms with Crippen molar-refractivity contribution in [2.24, 2.45) is 0 Å². The van der Waals surface area contributed by atoms with E-state index >= 15 is 0 Å². The molecule has 0 radical (unpaired) electrons. The highest BCUT2D eigenvalue weighted by Crippen LogP contribution is 2.43. The summed E-state index contributed by atoms with van der Waals surface area (Å²) in [5, 5.41) is 15.4. The summed E-state index contributed by atoms with van der Waals surface area (Å²) in [6.07, 6.45) is 0. The van der Waals surface area contributed by atoms with Crippen molar-refractivity contribution in [3.8, 4) is 45.9 Å². The first kappa shape index (κ1) is 26.3. The molecule has 46 heavy (non-hydrogen) atoms. The van der Waals surface area contributed by atoms with Crippen LogP contribution < -0.4 is 0 Å². The molecule has 0 amide bonds. The zero-order valence-electron chi connectivity index (χ0n) is 24.4. The van der Waals surface area contributed by atoms with Gasteiger partial charge in [-0.05, 0) is 30.3 Å². The van der Waals surface area contributed by atoms with Crippen LogP contribution in [-0.4, -0.2) is 19.5 Å². The van der Waals surface area contributed by atoms with Crippen molar-refractivity contribution in [3.63, 3.8) is 0 Å². The Balaban J connectivity index is 1.29. The minimum absolute atomic E-state index is 0.518. The van der Waals surface area contributed by atoms with Crippen LogP contribution in [0.2, 0.25) is 0 Å². The molecule has 0 N–H and O–H groups in total. The summed E-state index contributed by atoms with van der Waals surface area (Å²) in [5.74, 6) is 1.69. The molecule has 0 aliphatic rings. The third-order valence-corrected chi connectivity index (χ3v) is 9.69. The molecule has 9 rings (SSSR count). The molecular weight excluding hydrogens is 583 g/mol. The number of aromatic nitrogens is 4. The zero-order chi connectivity index (χ0) is 30.6. The minimum atomic E-state index is 0.518. The third-order valence-electron chi connectivity index (χ3n) is 8.49. The molecule has 0 spiro atoms. The molecule has 0 aliphatic heterocycles. The van der Waals surface area contributed by atoms with Crippen molar-refractivity contribution < 1.29 is 0 Å². The number of benzene rings is 6. The van der Waals surface area contributed by atoms with Crippen LogP contribution in [-0.2, 0) is 0 Å². The van der Waals surface area contributed by atoms with Crippen molar-refractivity contribution >= 4 is 53.3 Å². The van der Waals surface area contributed by atoms with E-state index in [1.165, 1.54) is 25.6 Å². The first-order valence-corrected chi connectivity index (χ1v) is 15.8. The van der Waals surface area contributed by atoms with Gasteiger partial charge in [0.15, 0.2) is 17.5 Å². The van der Waals surface area contributed by atoms with E-state index in [2.05, 4.69) is 71.3 Å². The molecule has 0 unspecified atom stereocenters. The number of hydrogen-bond donors (Lipinski definition) is 0. The lowest BCUT2D eigenvalue weighted by Crippen LogP contribution is -2.02. The summed E-state index contributed by atoms with van der Waals surface area (Å²) in [7, 11) is 0. The van der Waals surface area contributed by atoms with E-state index in [1.807, 2.05) is 78.9 Å². The Labute approximate surface area is 268 Å². The quantitative estimate of drug-likeness (QED) is 0.200. The van der Waals surface area contributed by atoms with Crippen LogP contribution in [0.3, 0.4) is 0 Å². The van der Waals surface area contributed by atoms with E-state index in [-0.39, 0.29) is 0 Å². The maximum atomic E-state index is 10.6. The van der Waals surface area contributed by atoms with Gasteiger partial charge in [-0.3, -0.25) is 0 Å². The van der Waals surface area contributed by atoms with Crippen LogP contribution in [0, 0.1) is 11.3 Å². The van der Waals surface area contributed by atoms with Gasteiger partial charge >= 0.3 is 0 Å². The van der Waals surface area contributed by atoms with Gasteiger partial charge in [0.25, 0.3) is 0 Å². The number of fused-ring (bicyclic) bond motifs is 7. The lowest BCUT2D eigenvalue weighted by atomic mass is 10.1. The lowest BCUT2D eigenvalue weighted by molar-refractivity contribution is 1.07. The first-order chi connectivity index (χ1) is 22.8. The molecular formula is C40H23N5S. The van der Waals surface area contributed by atoms with Crippen LogP contribution in [0.15, 0.2) is 140 Å². The predicted octanol–water partition coefficient (Wildman–Crippen LogP) is 10.2. The van der Waals surface area contributed by atoms with Crippen molar-refractivity contribution in [2.75, 3.05) is 0 Å². The SMILES string of the molecule is N#Cc1cc(-c2nc(-c3ccccc3)nc(-c3ccccc3)n2)ccc1-n1c2ccccc2c2ccc3c4ccccc4sc3c21. The van der Waals surface area contributed by atoms with Gasteiger partial charge in [-0.1, -0.05) is 109 Å². The van der Waals surface area contributed by atoms with Gasteiger partial charge in [0.05, 0.1) is 27.0 Å². The number of para-hydroxylation sites is 1. The summed E-state index contributed by atoms with van der Waals surface area (Å²) >= 11 is 1.80. The Hall–Kier alpha value is -6.16. The van der Waals surface area contributed by atoms with Crippen LogP contribution in [0.4, 0.5) is 0 Å². The van der Waals surface area contributed by atoms with E-state index in [9.17, 15) is 5.26 Å². The highest BCUT2D eigenvalue weighted by atomic mass is 32.1. The van der Waals surface area contributed by atoms with Crippen molar-refractivity contribution in [2.45, 2.75) is 0 Å². The van der Waals surface area contributed by atoms with Gasteiger partial charge in [0.2, 0.25) is 0 Å². The van der Waals surface area contributed by atoms with Crippen LogP contribution in [0.5, 0.6) is 0 Å². The van der Waals surface area contributed by atoms with E-state index < -0.39 is 0 Å². The maximum Gasteiger partial charge on any atom is 0.164 e. The highest BCUT2D eigenvalue weighted by molar-refractivity contribution is 7.26. The lowest BCUT2D eigenvalue weighted by Gasteiger charge is -2.13. The third kappa shape index (κ3) is 4.11. The summed E-state index contributed by atoms with van der Waals surface area (Å²) in [5.41, 5.74) is 6.09. The van der Waals surface area contributed by atoms with Gasteiger partial charge in [0, 0.05) is 42.9 Å². The second-order valence-corrected chi connectivity index (χ2v) is 12.2. The molecule has 5 nitrogen and oxygen atoms in total. The second kappa shape index (κ2) is 10.5. The fraction of sp³-hybridized carbons (Fsp3) is 0. The fourth-order valence-electron chi connectivity index (χ4n) is 6.38. The zero-order valence-corrected chi connectivity index (χ0v) is 25.2. The van der Waals surface area contributed by atoms with E-state index in [1.54, 1.807) is 11.3 Å². The van der Waals surface area contributed by atoms with Crippen LogP contribution >= 0.6 is 11.3 Å². The van der Waals surface area contributed by atoms with Crippen molar-refractivity contribution in [1.82, 2.24) is 19.5 Å². The average molecular weight is 606 g/mol. The molecule has 9 aromatic rings. The Morgan fingerprint density at radius 1 is 0.522 bits per heavy atom. The predicted molar refractivity (Wildman–Crippen MR) is 188 cm³/mol. The smallest absolute Gasteiger partial charge is 0.164 e. The summed E-state index contributed by atoms with van der Waals surface area (Å²) in [6, 6.07) is 49.7. The Morgan fingerprint density at radius 3 is 1.80 bits per heavy atom. The summed E-state index contributed by atoms with van der Waals surface area (Å²) in [4.78, 5) is 14.6. The average Bonchev–Trinajstić information content (AvgIpc) is 3.68. The second-order valence-electron chi connectivity index (χ2n) is 11.2. The molecule has 0 aliphatic carbocycles. The number of hydrogen-bond acceptors (Lipinski definition) is 5. The van der Waals surface area contributed by atoms with Gasteiger partial charge in [-0.15, -0.1) is 11.3 Å². The Bertz CT molecular complexity index is 2590. The van der Waals surface area contributed by atoms with Gasteiger partial charge < -0.3 is 4.57 Å². The number of nitrogens with zero attached hydrogens (tertiary/aromatic N) is 5. The van der Waals surface area contributed by atoms with Crippen molar-refractivity contribution in [3.05, 3.63) is 145 Å². The molecule has 6 aromatic carbocycles. The molecule has 3 aromatic heterocycles.